The van der Waals surface area contributed by atoms with Crippen molar-refractivity contribution in [3.8, 4) is 0 Å². The second-order valence-electron chi connectivity index (χ2n) is 7.35. The fraction of sp³-hybridized carbons (Fsp3) is 0.435. The van der Waals surface area contributed by atoms with E-state index in [0.717, 1.165) is 49.4 Å². The third-order valence-electron chi connectivity index (χ3n) is 5.51. The first kappa shape index (κ1) is 21.0. The number of rotatable bonds is 9. The number of nitrogens with zero attached hydrogens (tertiary/aromatic N) is 4. The number of aromatic nitrogens is 3. The topological polar surface area (TPSA) is 62.5 Å². The van der Waals surface area contributed by atoms with Crippen molar-refractivity contribution in [2.75, 3.05) is 26.2 Å². The van der Waals surface area contributed by atoms with Crippen LogP contribution < -0.4 is 5.32 Å². The Morgan fingerprint density at radius 1 is 1.14 bits per heavy atom. The van der Waals surface area contributed by atoms with Gasteiger partial charge in [0.05, 0.1) is 6.20 Å². The molecule has 0 aliphatic carbocycles. The molecule has 1 amide bonds. The summed E-state index contributed by atoms with van der Waals surface area (Å²) in [4.78, 5) is 19.8. The molecule has 154 valence electrons. The van der Waals surface area contributed by atoms with E-state index >= 15 is 0 Å². The first-order valence-electron chi connectivity index (χ1n) is 10.4. The van der Waals surface area contributed by atoms with Crippen LogP contribution in [0.5, 0.6) is 0 Å². The van der Waals surface area contributed by atoms with Crippen LogP contribution >= 0.6 is 0 Å². The van der Waals surface area contributed by atoms with Gasteiger partial charge in [-0.15, -0.1) is 0 Å². The van der Waals surface area contributed by atoms with Gasteiger partial charge in [0.1, 0.15) is 5.56 Å². The van der Waals surface area contributed by atoms with Crippen LogP contribution in [0.2, 0.25) is 0 Å². The molecule has 1 N–H and O–H groups in total. The standard InChI is InChI=1S/C23H31N5O/c1-5-27(6-2)14-10-13-24-23(29)21-16-25-28-18(4)20(17(3)26-22(21)28)15-19-11-8-7-9-12-19/h7-9,11-12,16H,5-6,10,13-15H2,1-4H3,(H,24,29). The molecule has 0 radical (unpaired) electrons. The maximum absolute atomic E-state index is 12.7. The molecule has 0 aliphatic rings. The van der Waals surface area contributed by atoms with Gasteiger partial charge in [0.2, 0.25) is 0 Å². The lowest BCUT2D eigenvalue weighted by molar-refractivity contribution is 0.0953. The number of carbonyl (C=O) groups is 1. The molecule has 6 nitrogen and oxygen atoms in total. The highest BCUT2D eigenvalue weighted by Gasteiger charge is 2.18. The van der Waals surface area contributed by atoms with Gasteiger partial charge in [-0.05, 0) is 51.0 Å². The van der Waals surface area contributed by atoms with Gasteiger partial charge in [0, 0.05) is 24.4 Å². The minimum Gasteiger partial charge on any atom is -0.352 e. The summed E-state index contributed by atoms with van der Waals surface area (Å²) in [6.45, 7) is 12.1. The molecule has 29 heavy (non-hydrogen) atoms. The number of aryl methyl sites for hydroxylation is 2. The Kier molecular flexibility index (Phi) is 6.99. The quantitative estimate of drug-likeness (QED) is 0.566. The summed E-state index contributed by atoms with van der Waals surface area (Å²) >= 11 is 0. The Labute approximate surface area is 172 Å². The summed E-state index contributed by atoms with van der Waals surface area (Å²) in [7, 11) is 0. The molecule has 2 heterocycles. The number of nitrogens with one attached hydrogen (secondary N) is 1. The second-order valence-corrected chi connectivity index (χ2v) is 7.35. The maximum atomic E-state index is 12.7. The summed E-state index contributed by atoms with van der Waals surface area (Å²) in [5, 5.41) is 7.47. The predicted octanol–water partition coefficient (Wildman–Crippen LogP) is 3.40. The molecule has 0 unspecified atom stereocenters. The van der Waals surface area contributed by atoms with Gasteiger partial charge in [-0.25, -0.2) is 9.50 Å². The second kappa shape index (κ2) is 9.65. The van der Waals surface area contributed by atoms with Crippen LogP contribution in [0.25, 0.3) is 5.65 Å². The largest absolute Gasteiger partial charge is 0.352 e. The van der Waals surface area contributed by atoms with Gasteiger partial charge in [-0.3, -0.25) is 4.79 Å². The van der Waals surface area contributed by atoms with Crippen LogP contribution in [-0.4, -0.2) is 51.6 Å². The number of benzene rings is 1. The van der Waals surface area contributed by atoms with Crippen LogP contribution in [0.3, 0.4) is 0 Å². The summed E-state index contributed by atoms with van der Waals surface area (Å²) < 4.78 is 1.79. The zero-order valence-corrected chi connectivity index (χ0v) is 17.9. The molecule has 0 saturated heterocycles. The Balaban J connectivity index is 1.74. The van der Waals surface area contributed by atoms with Gasteiger partial charge in [0.15, 0.2) is 5.65 Å². The highest BCUT2D eigenvalue weighted by Crippen LogP contribution is 2.20. The van der Waals surface area contributed by atoms with E-state index in [9.17, 15) is 4.79 Å². The zero-order chi connectivity index (χ0) is 20.8. The molecule has 0 saturated carbocycles. The van der Waals surface area contributed by atoms with E-state index in [1.807, 2.05) is 32.0 Å². The summed E-state index contributed by atoms with van der Waals surface area (Å²) in [6.07, 6.45) is 3.36. The van der Waals surface area contributed by atoms with Crippen molar-refractivity contribution in [1.29, 1.82) is 0 Å². The predicted molar refractivity (Wildman–Crippen MR) is 116 cm³/mol. The van der Waals surface area contributed by atoms with Crippen LogP contribution in [0, 0.1) is 13.8 Å². The maximum Gasteiger partial charge on any atom is 0.256 e. The summed E-state index contributed by atoms with van der Waals surface area (Å²) in [6, 6.07) is 10.3. The molecular formula is C23H31N5O. The van der Waals surface area contributed by atoms with E-state index in [0.29, 0.717) is 17.8 Å². The molecule has 6 heteroatoms. The Bertz CT molecular complexity index is 960. The number of fused-ring (bicyclic) bond motifs is 1. The first-order chi connectivity index (χ1) is 14.0. The van der Waals surface area contributed by atoms with Crippen molar-refractivity contribution in [1.82, 2.24) is 24.8 Å². The van der Waals surface area contributed by atoms with Crippen LogP contribution in [0.4, 0.5) is 0 Å². The Morgan fingerprint density at radius 3 is 2.55 bits per heavy atom. The molecule has 0 spiro atoms. The average Bonchev–Trinajstić information content (AvgIpc) is 3.16. The molecule has 0 bridgehead atoms. The lowest BCUT2D eigenvalue weighted by Gasteiger charge is -2.17. The number of amides is 1. The first-order valence-corrected chi connectivity index (χ1v) is 10.4. The molecule has 0 fully saturated rings. The summed E-state index contributed by atoms with van der Waals surface area (Å²) in [5.41, 5.74) is 5.51. The molecule has 3 rings (SSSR count). The highest BCUT2D eigenvalue weighted by molar-refractivity contribution is 5.99. The smallest absolute Gasteiger partial charge is 0.256 e. The molecule has 2 aromatic heterocycles. The van der Waals surface area contributed by atoms with Gasteiger partial charge in [-0.1, -0.05) is 44.2 Å². The average molecular weight is 394 g/mol. The van der Waals surface area contributed by atoms with Crippen LogP contribution in [0.15, 0.2) is 36.5 Å². The lowest BCUT2D eigenvalue weighted by atomic mass is 10.0. The van der Waals surface area contributed by atoms with Crippen molar-refractivity contribution in [2.45, 2.75) is 40.5 Å². The number of hydrogen-bond acceptors (Lipinski definition) is 4. The van der Waals surface area contributed by atoms with Crippen LogP contribution in [-0.2, 0) is 6.42 Å². The summed E-state index contributed by atoms with van der Waals surface area (Å²) in [5.74, 6) is -0.110. The normalized spacial score (nSPS) is 11.3. The van der Waals surface area contributed by atoms with E-state index in [-0.39, 0.29) is 5.91 Å². The monoisotopic (exact) mass is 393 g/mol. The van der Waals surface area contributed by atoms with E-state index in [2.05, 4.69) is 41.3 Å². The molecular weight excluding hydrogens is 362 g/mol. The Morgan fingerprint density at radius 2 is 1.86 bits per heavy atom. The van der Waals surface area contributed by atoms with Crippen LogP contribution in [0.1, 0.15) is 53.1 Å². The van der Waals surface area contributed by atoms with E-state index in [1.165, 1.54) is 5.56 Å². The molecule has 1 aromatic carbocycles. The van der Waals surface area contributed by atoms with Crippen molar-refractivity contribution in [3.05, 3.63) is 64.6 Å². The van der Waals surface area contributed by atoms with Gasteiger partial charge >= 0.3 is 0 Å². The van der Waals surface area contributed by atoms with Gasteiger partial charge < -0.3 is 10.2 Å². The van der Waals surface area contributed by atoms with E-state index < -0.39 is 0 Å². The van der Waals surface area contributed by atoms with Crippen molar-refractivity contribution in [2.24, 2.45) is 0 Å². The minimum absolute atomic E-state index is 0.110. The molecule has 3 aromatic rings. The third-order valence-corrected chi connectivity index (χ3v) is 5.51. The molecule has 0 atom stereocenters. The fourth-order valence-electron chi connectivity index (χ4n) is 3.67. The number of hydrogen-bond donors (Lipinski definition) is 1. The number of carbonyl (C=O) groups excluding carboxylic acids is 1. The highest BCUT2D eigenvalue weighted by atomic mass is 16.1. The van der Waals surface area contributed by atoms with Gasteiger partial charge in [0.25, 0.3) is 5.91 Å². The minimum atomic E-state index is -0.110. The Hall–Kier alpha value is -2.73. The third kappa shape index (κ3) is 4.82. The fourth-order valence-corrected chi connectivity index (χ4v) is 3.67. The van der Waals surface area contributed by atoms with Crippen molar-refractivity contribution < 1.29 is 4.79 Å². The zero-order valence-electron chi connectivity index (χ0n) is 17.9. The molecule has 0 aliphatic heterocycles. The van der Waals surface area contributed by atoms with E-state index in [1.54, 1.807) is 10.7 Å². The lowest BCUT2D eigenvalue weighted by Crippen LogP contribution is -2.30. The SMILES string of the molecule is CCN(CC)CCCNC(=O)c1cnn2c(C)c(Cc3ccccc3)c(C)nc12. The van der Waals surface area contributed by atoms with E-state index in [4.69, 9.17) is 4.98 Å². The van der Waals surface area contributed by atoms with Crippen molar-refractivity contribution >= 4 is 11.6 Å². The van der Waals surface area contributed by atoms with Crippen molar-refractivity contribution in [3.63, 3.8) is 0 Å². The van der Waals surface area contributed by atoms with Gasteiger partial charge in [-0.2, -0.15) is 5.10 Å².